The van der Waals surface area contributed by atoms with E-state index in [9.17, 15) is 9.59 Å². The van der Waals surface area contributed by atoms with Crippen molar-refractivity contribution in [2.45, 2.75) is 44.8 Å². The molecule has 5 heteroatoms. The molecule has 0 aliphatic rings. The van der Waals surface area contributed by atoms with Crippen LogP contribution < -0.4 is 0 Å². The Morgan fingerprint density at radius 2 is 1.77 bits per heavy atom. The second kappa shape index (κ2) is 9.20. The molecule has 0 bridgehead atoms. The molecular weight excluding hydrogens is 296 g/mol. The van der Waals surface area contributed by atoms with Crippen molar-refractivity contribution in [2.24, 2.45) is 0 Å². The quantitative estimate of drug-likeness (QED) is 0.555. The summed E-state index contributed by atoms with van der Waals surface area (Å²) in [6.07, 6.45) is 3.79. The largest absolute Gasteiger partial charge is 0.516 e. The van der Waals surface area contributed by atoms with Crippen molar-refractivity contribution in [3.63, 3.8) is 0 Å². The summed E-state index contributed by atoms with van der Waals surface area (Å²) in [5.74, 6) is -1.67. The van der Waals surface area contributed by atoms with Crippen LogP contribution in [0.3, 0.4) is 0 Å². The fraction of sp³-hybridized carbons (Fsp3) is 0.412. The summed E-state index contributed by atoms with van der Waals surface area (Å²) in [6, 6.07) is 12.9. The third-order valence-corrected chi connectivity index (χ3v) is 8.38. The van der Waals surface area contributed by atoms with Gasteiger partial charge in [0.1, 0.15) is 0 Å². The minimum absolute atomic E-state index is 0.530. The number of carboxylic acids is 1. The fourth-order valence-corrected chi connectivity index (χ4v) is 5.36. The van der Waals surface area contributed by atoms with Gasteiger partial charge in [-0.1, -0.05) is 44.2 Å². The Morgan fingerprint density at radius 1 is 1.14 bits per heavy atom. The van der Waals surface area contributed by atoms with Gasteiger partial charge in [-0.25, -0.2) is 9.59 Å². The summed E-state index contributed by atoms with van der Waals surface area (Å²) >= 11 is 0. The van der Waals surface area contributed by atoms with Gasteiger partial charge >= 0.3 is 11.9 Å². The second-order valence-corrected chi connectivity index (χ2v) is 9.81. The highest BCUT2D eigenvalue weighted by atomic mass is 28.4. The van der Waals surface area contributed by atoms with Crippen molar-refractivity contribution < 1.29 is 19.1 Å². The van der Waals surface area contributed by atoms with E-state index in [1.165, 1.54) is 5.56 Å². The lowest BCUT2D eigenvalue weighted by Gasteiger charge is -2.28. The average Bonchev–Trinajstić information content (AvgIpc) is 2.53. The first-order valence-electron chi connectivity index (χ1n) is 7.69. The lowest BCUT2D eigenvalue weighted by Crippen LogP contribution is -2.38. The maximum absolute atomic E-state index is 11.8. The van der Waals surface area contributed by atoms with Gasteiger partial charge in [-0.2, -0.15) is 0 Å². The maximum Gasteiger partial charge on any atom is 0.328 e. The van der Waals surface area contributed by atoms with E-state index in [0.29, 0.717) is 0 Å². The van der Waals surface area contributed by atoms with Crippen molar-refractivity contribution in [3.8, 4) is 0 Å². The fourth-order valence-electron chi connectivity index (χ4n) is 2.45. The number of carbonyl (C=O) groups is 2. The number of aliphatic carboxylic acids is 1. The molecule has 0 aromatic heterocycles. The highest BCUT2D eigenvalue weighted by Gasteiger charge is 2.33. The Balaban J connectivity index is 2.58. The molecule has 0 radical (unpaired) electrons. The SMILES string of the molecule is CC[Si](CC)(CCCc1ccccc1)OC(=O)/C=C\C(=O)O. The van der Waals surface area contributed by atoms with Gasteiger partial charge in [0, 0.05) is 12.2 Å². The van der Waals surface area contributed by atoms with E-state index in [-0.39, 0.29) is 0 Å². The monoisotopic (exact) mass is 320 g/mol. The van der Waals surface area contributed by atoms with Crippen molar-refractivity contribution in [1.29, 1.82) is 0 Å². The number of hydrogen-bond acceptors (Lipinski definition) is 3. The van der Waals surface area contributed by atoms with Crippen LogP contribution in [0.1, 0.15) is 25.8 Å². The van der Waals surface area contributed by atoms with Gasteiger partial charge in [0.2, 0.25) is 0 Å². The number of aryl methyl sites for hydroxylation is 1. The predicted octanol–water partition coefficient (Wildman–Crippen LogP) is 3.79. The molecule has 0 fully saturated rings. The minimum atomic E-state index is -2.13. The van der Waals surface area contributed by atoms with Crippen molar-refractivity contribution in [1.82, 2.24) is 0 Å². The van der Waals surface area contributed by atoms with Crippen molar-refractivity contribution in [2.75, 3.05) is 0 Å². The molecule has 1 aromatic carbocycles. The molecule has 22 heavy (non-hydrogen) atoms. The molecule has 0 aliphatic heterocycles. The minimum Gasteiger partial charge on any atom is -0.516 e. The molecule has 0 atom stereocenters. The summed E-state index contributed by atoms with van der Waals surface area (Å²) in [5.41, 5.74) is 1.29. The summed E-state index contributed by atoms with van der Waals surface area (Å²) in [7, 11) is -2.13. The standard InChI is InChI=1S/C17H24O4Si/c1-3-22(4-2,21-17(20)13-12-16(18)19)14-8-11-15-9-6-5-7-10-15/h5-7,9-10,12-13H,3-4,8,11,14H2,1-2H3,(H,18,19)/b13-12-. The first-order chi connectivity index (χ1) is 10.5. The smallest absolute Gasteiger partial charge is 0.328 e. The van der Waals surface area contributed by atoms with E-state index in [1.54, 1.807) is 0 Å². The van der Waals surface area contributed by atoms with Gasteiger partial charge in [-0.05, 0) is 36.5 Å². The lowest BCUT2D eigenvalue weighted by atomic mass is 10.1. The summed E-state index contributed by atoms with van der Waals surface area (Å²) < 4.78 is 5.67. The van der Waals surface area contributed by atoms with Crippen LogP contribution in [0.25, 0.3) is 0 Å². The van der Waals surface area contributed by atoms with Crippen LogP contribution in [0.4, 0.5) is 0 Å². The van der Waals surface area contributed by atoms with Gasteiger partial charge < -0.3 is 9.53 Å². The van der Waals surface area contributed by atoms with Crippen molar-refractivity contribution >= 4 is 20.3 Å². The molecular formula is C17H24O4Si. The number of carboxylic acid groups (broad SMARTS) is 1. The third kappa shape index (κ3) is 6.26. The Hall–Kier alpha value is -1.88. The molecule has 0 saturated carbocycles. The summed E-state index contributed by atoms with van der Waals surface area (Å²) in [6.45, 7) is 4.10. The van der Waals surface area contributed by atoms with Crippen molar-refractivity contribution in [3.05, 3.63) is 48.0 Å². The molecule has 4 nitrogen and oxygen atoms in total. The normalized spacial score (nSPS) is 11.5. The van der Waals surface area contributed by atoms with Crippen LogP contribution in [-0.4, -0.2) is 25.4 Å². The van der Waals surface area contributed by atoms with Crippen LogP contribution in [0.15, 0.2) is 42.5 Å². The van der Waals surface area contributed by atoms with Gasteiger partial charge in [0.05, 0.1) is 0 Å². The van der Waals surface area contributed by atoms with E-state index in [4.69, 9.17) is 9.53 Å². The molecule has 0 unspecified atom stereocenters. The topological polar surface area (TPSA) is 63.6 Å². The van der Waals surface area contributed by atoms with Gasteiger partial charge in [-0.3, -0.25) is 0 Å². The average molecular weight is 320 g/mol. The first-order valence-corrected chi connectivity index (χ1v) is 10.2. The first kappa shape index (κ1) is 18.2. The summed E-state index contributed by atoms with van der Waals surface area (Å²) in [5, 5.41) is 8.56. The molecule has 1 aromatic rings. The van der Waals surface area contributed by atoms with E-state index in [1.807, 2.05) is 32.0 Å². The zero-order valence-electron chi connectivity index (χ0n) is 13.2. The van der Waals surface area contributed by atoms with E-state index in [0.717, 1.165) is 43.1 Å². The zero-order valence-corrected chi connectivity index (χ0v) is 14.2. The number of rotatable bonds is 9. The number of hydrogen-bond donors (Lipinski definition) is 1. The molecule has 120 valence electrons. The molecule has 0 amide bonds. The lowest BCUT2D eigenvalue weighted by molar-refractivity contribution is -0.133. The molecule has 1 N–H and O–H groups in total. The highest BCUT2D eigenvalue weighted by molar-refractivity contribution is 6.75. The van der Waals surface area contributed by atoms with E-state index < -0.39 is 20.3 Å². The molecule has 1 rings (SSSR count). The third-order valence-electron chi connectivity index (χ3n) is 3.91. The van der Waals surface area contributed by atoms with Gasteiger partial charge in [-0.15, -0.1) is 0 Å². The second-order valence-electron chi connectivity index (χ2n) is 5.32. The Kier molecular flexibility index (Phi) is 7.60. The number of benzene rings is 1. The van der Waals surface area contributed by atoms with Crippen LogP contribution >= 0.6 is 0 Å². The van der Waals surface area contributed by atoms with E-state index >= 15 is 0 Å². The molecule has 0 saturated heterocycles. The Labute approximate surface area is 132 Å². The zero-order chi connectivity index (χ0) is 16.4. The van der Waals surface area contributed by atoms with Gasteiger partial charge in [0.25, 0.3) is 8.32 Å². The van der Waals surface area contributed by atoms with Crippen LogP contribution in [0.2, 0.25) is 18.1 Å². The highest BCUT2D eigenvalue weighted by Crippen LogP contribution is 2.25. The maximum atomic E-state index is 11.8. The number of carbonyl (C=O) groups excluding carboxylic acids is 1. The Bertz CT molecular complexity index is 507. The van der Waals surface area contributed by atoms with Gasteiger partial charge in [0.15, 0.2) is 0 Å². The van der Waals surface area contributed by atoms with Crippen LogP contribution in [0, 0.1) is 0 Å². The molecule has 0 spiro atoms. The van der Waals surface area contributed by atoms with Crippen LogP contribution in [0.5, 0.6) is 0 Å². The molecule has 0 heterocycles. The molecule has 0 aliphatic carbocycles. The summed E-state index contributed by atoms with van der Waals surface area (Å²) in [4.78, 5) is 22.2. The van der Waals surface area contributed by atoms with Crippen LogP contribution in [-0.2, 0) is 20.4 Å². The van der Waals surface area contributed by atoms with E-state index in [2.05, 4.69) is 12.1 Å². The predicted molar refractivity (Wildman–Crippen MR) is 89.2 cm³/mol. The Morgan fingerprint density at radius 3 is 2.32 bits per heavy atom.